The van der Waals surface area contributed by atoms with E-state index in [9.17, 15) is 0 Å². The highest BCUT2D eigenvalue weighted by atomic mass is 16.5. The molecule has 2 aromatic rings. The molecule has 1 aromatic heterocycles. The summed E-state index contributed by atoms with van der Waals surface area (Å²) in [5, 5.41) is 0. The number of ether oxygens (including phenoxy) is 1. The number of hydrogen-bond donors (Lipinski definition) is 1. The molecule has 20 heavy (non-hydrogen) atoms. The van der Waals surface area contributed by atoms with Crippen molar-refractivity contribution in [2.75, 3.05) is 12.3 Å². The fraction of sp³-hybridized carbons (Fsp3) is 0.375. The average molecular weight is 271 g/mol. The summed E-state index contributed by atoms with van der Waals surface area (Å²) in [5.41, 5.74) is 7.68. The fourth-order valence-electron chi connectivity index (χ4n) is 1.87. The number of nitrogens with two attached hydrogens (primary N) is 1. The lowest BCUT2D eigenvalue weighted by atomic mass is 9.92. The zero-order valence-electron chi connectivity index (χ0n) is 12.5. The van der Waals surface area contributed by atoms with Crippen LogP contribution in [0, 0.1) is 0 Å². The zero-order chi connectivity index (χ0) is 14.8. The summed E-state index contributed by atoms with van der Waals surface area (Å²) in [6, 6.07) is 9.58. The molecule has 0 aliphatic rings. The Labute approximate surface area is 120 Å². The molecule has 0 unspecified atom stereocenters. The van der Waals surface area contributed by atoms with Gasteiger partial charge in [-0.25, -0.2) is 9.97 Å². The number of anilines is 1. The predicted octanol–water partition coefficient (Wildman–Crippen LogP) is 3.42. The highest BCUT2D eigenvalue weighted by Crippen LogP contribution is 2.26. The Bertz CT molecular complexity index is 603. The smallest absolute Gasteiger partial charge is 0.161 e. The van der Waals surface area contributed by atoms with Gasteiger partial charge in [0.25, 0.3) is 0 Å². The minimum atomic E-state index is -0.0661. The predicted molar refractivity (Wildman–Crippen MR) is 81.7 cm³/mol. The van der Waals surface area contributed by atoms with Crippen LogP contribution in [-0.4, -0.2) is 16.6 Å². The van der Waals surface area contributed by atoms with Gasteiger partial charge in [-0.1, -0.05) is 32.9 Å². The topological polar surface area (TPSA) is 61.0 Å². The van der Waals surface area contributed by atoms with Gasteiger partial charge >= 0.3 is 0 Å². The van der Waals surface area contributed by atoms with E-state index in [4.69, 9.17) is 10.5 Å². The summed E-state index contributed by atoms with van der Waals surface area (Å²) in [4.78, 5) is 8.96. The third-order valence-corrected chi connectivity index (χ3v) is 2.92. The van der Waals surface area contributed by atoms with E-state index in [-0.39, 0.29) is 5.41 Å². The lowest BCUT2D eigenvalue weighted by molar-refractivity contribution is 0.340. The largest absolute Gasteiger partial charge is 0.494 e. The summed E-state index contributed by atoms with van der Waals surface area (Å²) in [6.45, 7) is 8.91. The Balaban J connectivity index is 2.47. The van der Waals surface area contributed by atoms with Gasteiger partial charge in [0.2, 0.25) is 0 Å². The van der Waals surface area contributed by atoms with Crippen molar-refractivity contribution < 1.29 is 4.74 Å². The second-order valence-electron chi connectivity index (χ2n) is 5.71. The van der Waals surface area contributed by atoms with Crippen LogP contribution in [-0.2, 0) is 5.41 Å². The van der Waals surface area contributed by atoms with Gasteiger partial charge in [0, 0.05) is 17.0 Å². The van der Waals surface area contributed by atoms with Crippen LogP contribution >= 0.6 is 0 Å². The van der Waals surface area contributed by atoms with Gasteiger partial charge in [-0.3, -0.25) is 0 Å². The van der Waals surface area contributed by atoms with E-state index >= 15 is 0 Å². The molecule has 0 spiro atoms. The van der Waals surface area contributed by atoms with Gasteiger partial charge in [0.05, 0.1) is 12.3 Å². The maximum atomic E-state index is 5.91. The summed E-state index contributed by atoms with van der Waals surface area (Å²) in [6.07, 6.45) is 0. The molecule has 1 heterocycles. The molecular weight excluding hydrogens is 250 g/mol. The van der Waals surface area contributed by atoms with Crippen LogP contribution in [0.4, 0.5) is 5.82 Å². The Morgan fingerprint density at radius 3 is 2.55 bits per heavy atom. The van der Waals surface area contributed by atoms with Crippen LogP contribution in [0.15, 0.2) is 30.3 Å². The number of nitrogens with zero attached hydrogens (tertiary/aromatic N) is 2. The van der Waals surface area contributed by atoms with E-state index in [2.05, 4.69) is 30.7 Å². The van der Waals surface area contributed by atoms with E-state index in [1.54, 1.807) is 0 Å². The molecule has 0 fully saturated rings. The van der Waals surface area contributed by atoms with E-state index in [1.165, 1.54) is 0 Å². The number of benzene rings is 1. The van der Waals surface area contributed by atoms with Crippen molar-refractivity contribution in [1.82, 2.24) is 9.97 Å². The van der Waals surface area contributed by atoms with Crippen molar-refractivity contribution in [3.05, 3.63) is 36.0 Å². The van der Waals surface area contributed by atoms with Crippen molar-refractivity contribution in [3.8, 4) is 17.1 Å². The lowest BCUT2D eigenvalue weighted by Crippen LogP contribution is -2.15. The average Bonchev–Trinajstić information content (AvgIpc) is 2.38. The number of nitrogen functional groups attached to an aromatic ring is 1. The van der Waals surface area contributed by atoms with Crippen molar-refractivity contribution in [3.63, 3.8) is 0 Å². The van der Waals surface area contributed by atoms with Crippen LogP contribution in [0.5, 0.6) is 5.75 Å². The van der Waals surface area contributed by atoms with Crippen LogP contribution in [0.3, 0.4) is 0 Å². The third kappa shape index (κ3) is 3.26. The third-order valence-electron chi connectivity index (χ3n) is 2.92. The highest BCUT2D eigenvalue weighted by molar-refractivity contribution is 5.59. The van der Waals surface area contributed by atoms with Crippen LogP contribution in [0.25, 0.3) is 11.4 Å². The van der Waals surface area contributed by atoms with Crippen molar-refractivity contribution in [2.45, 2.75) is 33.1 Å². The first-order valence-corrected chi connectivity index (χ1v) is 6.78. The van der Waals surface area contributed by atoms with Gasteiger partial charge in [-0.15, -0.1) is 0 Å². The number of hydrogen-bond acceptors (Lipinski definition) is 4. The molecule has 0 atom stereocenters. The molecule has 0 saturated heterocycles. The maximum Gasteiger partial charge on any atom is 0.161 e. The highest BCUT2D eigenvalue weighted by Gasteiger charge is 2.18. The van der Waals surface area contributed by atoms with E-state index in [1.807, 2.05) is 37.3 Å². The minimum absolute atomic E-state index is 0.0661. The first-order chi connectivity index (χ1) is 9.40. The fourth-order valence-corrected chi connectivity index (χ4v) is 1.87. The Morgan fingerprint density at radius 1 is 1.15 bits per heavy atom. The van der Waals surface area contributed by atoms with Crippen LogP contribution < -0.4 is 10.5 Å². The van der Waals surface area contributed by atoms with E-state index < -0.39 is 0 Å². The van der Waals surface area contributed by atoms with Gasteiger partial charge in [0.15, 0.2) is 5.82 Å². The Kier molecular flexibility index (Phi) is 3.93. The number of aromatic nitrogens is 2. The Morgan fingerprint density at radius 2 is 1.90 bits per heavy atom. The molecule has 0 radical (unpaired) electrons. The summed E-state index contributed by atoms with van der Waals surface area (Å²) < 4.78 is 5.51. The SMILES string of the molecule is CCOc1cccc(-c2nc(N)cc(C(C)(C)C)n2)c1. The van der Waals surface area contributed by atoms with Gasteiger partial charge in [0.1, 0.15) is 11.6 Å². The first kappa shape index (κ1) is 14.3. The van der Waals surface area contributed by atoms with E-state index in [0.717, 1.165) is 17.0 Å². The maximum absolute atomic E-state index is 5.91. The quantitative estimate of drug-likeness (QED) is 0.929. The molecule has 0 saturated carbocycles. The molecule has 1 aromatic carbocycles. The van der Waals surface area contributed by atoms with Crippen molar-refractivity contribution >= 4 is 5.82 Å². The van der Waals surface area contributed by atoms with Crippen LogP contribution in [0.2, 0.25) is 0 Å². The van der Waals surface area contributed by atoms with Gasteiger partial charge < -0.3 is 10.5 Å². The molecule has 4 heteroatoms. The molecule has 0 amide bonds. The molecule has 2 N–H and O–H groups in total. The normalized spacial score (nSPS) is 11.4. The summed E-state index contributed by atoms with van der Waals surface area (Å²) >= 11 is 0. The Hall–Kier alpha value is -2.10. The lowest BCUT2D eigenvalue weighted by Gasteiger charge is -2.18. The molecule has 0 aliphatic heterocycles. The summed E-state index contributed by atoms with van der Waals surface area (Å²) in [5.74, 6) is 1.94. The molecule has 106 valence electrons. The second kappa shape index (κ2) is 5.49. The van der Waals surface area contributed by atoms with Crippen molar-refractivity contribution in [2.24, 2.45) is 0 Å². The van der Waals surface area contributed by atoms with Crippen LogP contribution in [0.1, 0.15) is 33.4 Å². The van der Waals surface area contributed by atoms with Gasteiger partial charge in [-0.2, -0.15) is 0 Å². The monoisotopic (exact) mass is 271 g/mol. The molecule has 0 aliphatic carbocycles. The molecule has 2 rings (SSSR count). The molecular formula is C16H21N3O. The molecule has 0 bridgehead atoms. The first-order valence-electron chi connectivity index (χ1n) is 6.78. The second-order valence-corrected chi connectivity index (χ2v) is 5.71. The number of rotatable bonds is 3. The molecule has 4 nitrogen and oxygen atoms in total. The van der Waals surface area contributed by atoms with Crippen molar-refractivity contribution in [1.29, 1.82) is 0 Å². The summed E-state index contributed by atoms with van der Waals surface area (Å²) in [7, 11) is 0. The zero-order valence-corrected chi connectivity index (χ0v) is 12.5. The van der Waals surface area contributed by atoms with Gasteiger partial charge in [-0.05, 0) is 19.1 Å². The minimum Gasteiger partial charge on any atom is -0.494 e. The van der Waals surface area contributed by atoms with E-state index in [0.29, 0.717) is 18.2 Å². The standard InChI is InChI=1S/C16H21N3O/c1-5-20-12-8-6-7-11(9-12)15-18-13(16(2,3)4)10-14(17)19-15/h6-10H,5H2,1-4H3,(H2,17,18,19).